The van der Waals surface area contributed by atoms with Gasteiger partial charge in [-0.1, -0.05) is 19.3 Å². The highest BCUT2D eigenvalue weighted by Crippen LogP contribution is 2.32. The highest BCUT2D eigenvalue weighted by molar-refractivity contribution is 7.76. The largest absolute Gasteiger partial charge is 0.760 e. The summed E-state index contributed by atoms with van der Waals surface area (Å²) in [5.41, 5.74) is -0.00254. The Kier molecular flexibility index (Phi) is 7.43. The maximum atomic E-state index is 13.5. The number of pyridine rings is 1. The Morgan fingerprint density at radius 1 is 1.17 bits per heavy atom. The third-order valence-electron chi connectivity index (χ3n) is 5.11. The van der Waals surface area contributed by atoms with E-state index in [1.807, 2.05) is 11.8 Å². The van der Waals surface area contributed by atoms with Crippen LogP contribution in [0.15, 0.2) is 16.9 Å². The van der Waals surface area contributed by atoms with Crippen molar-refractivity contribution in [1.82, 2.24) is 9.29 Å². The van der Waals surface area contributed by atoms with E-state index >= 15 is 0 Å². The second kappa shape index (κ2) is 9.67. The molecule has 2 unspecified atom stereocenters. The fourth-order valence-electron chi connectivity index (χ4n) is 3.41. The summed E-state index contributed by atoms with van der Waals surface area (Å²) in [6, 6.07) is 0.784. The van der Waals surface area contributed by atoms with Crippen molar-refractivity contribution in [2.75, 3.05) is 49.2 Å². The van der Waals surface area contributed by atoms with Gasteiger partial charge in [-0.15, -0.1) is 0 Å². The molecular formula is C18H26F3N4O4S-. The van der Waals surface area contributed by atoms with Crippen LogP contribution < -0.4 is 15.4 Å². The number of piperazine rings is 1. The number of halogens is 3. The number of anilines is 2. The molecule has 0 aromatic carbocycles. The van der Waals surface area contributed by atoms with Crippen LogP contribution in [0, 0.1) is 0 Å². The van der Waals surface area contributed by atoms with Gasteiger partial charge >= 0.3 is 6.18 Å². The van der Waals surface area contributed by atoms with Crippen molar-refractivity contribution in [3.8, 4) is 0 Å². The number of aromatic amines is 1. The van der Waals surface area contributed by atoms with Gasteiger partial charge in [0.2, 0.25) is 0 Å². The fraction of sp³-hybridized carbons (Fsp3) is 0.722. The fourth-order valence-corrected chi connectivity index (χ4v) is 3.90. The molecule has 30 heavy (non-hydrogen) atoms. The molecule has 1 aliphatic carbocycles. The molecule has 0 spiro atoms. The zero-order valence-corrected chi connectivity index (χ0v) is 17.5. The summed E-state index contributed by atoms with van der Waals surface area (Å²) >= 11 is -2.73. The van der Waals surface area contributed by atoms with Crippen LogP contribution in [-0.2, 0) is 16.0 Å². The van der Waals surface area contributed by atoms with Gasteiger partial charge in [0, 0.05) is 61.3 Å². The molecule has 4 rings (SSSR count). The lowest BCUT2D eigenvalue weighted by atomic mass is 10.1. The lowest BCUT2D eigenvalue weighted by Gasteiger charge is -2.43. The first-order valence-corrected chi connectivity index (χ1v) is 11.0. The number of morpholine rings is 1. The normalized spacial score (nSPS) is 26.0. The Balaban J connectivity index is 0.000000782. The van der Waals surface area contributed by atoms with Crippen LogP contribution in [-0.4, -0.2) is 75.7 Å². The molecule has 1 N–H and O–H groups in total. The van der Waals surface area contributed by atoms with Crippen molar-refractivity contribution in [1.29, 1.82) is 0 Å². The molecule has 2 aliphatic heterocycles. The predicted molar refractivity (Wildman–Crippen MR) is 106 cm³/mol. The van der Waals surface area contributed by atoms with Gasteiger partial charge in [0.05, 0.1) is 13.2 Å². The summed E-state index contributed by atoms with van der Waals surface area (Å²) in [7, 11) is 0. The van der Waals surface area contributed by atoms with E-state index in [4.69, 9.17) is 4.74 Å². The van der Waals surface area contributed by atoms with Crippen molar-refractivity contribution < 1.29 is 26.7 Å². The number of nitrogens with one attached hydrogen (secondary N) is 1. The Hall–Kier alpha value is -1.63. The van der Waals surface area contributed by atoms with Crippen LogP contribution in [0.4, 0.5) is 24.7 Å². The minimum atomic E-state index is -4.66. The SMILES string of the molecule is C1CC1.C[C@@H]1COCCN1c1cc(N2CCN(S(=O)[O-])CC2C(F)(F)F)[nH]c(=O)c1. The van der Waals surface area contributed by atoms with Gasteiger partial charge in [0.15, 0.2) is 0 Å². The topological polar surface area (TPSA) is 91.9 Å². The first kappa shape index (κ1) is 23.0. The van der Waals surface area contributed by atoms with E-state index in [0.29, 0.717) is 25.4 Å². The molecule has 0 bridgehead atoms. The summed E-state index contributed by atoms with van der Waals surface area (Å²) < 4.78 is 68.9. The number of H-pyrrole nitrogens is 1. The number of nitrogens with zero attached hydrogens (tertiary/aromatic N) is 3. The van der Waals surface area contributed by atoms with Gasteiger partial charge in [-0.25, -0.2) is 4.31 Å². The number of hydrogen-bond donors (Lipinski definition) is 1. The van der Waals surface area contributed by atoms with E-state index < -0.39 is 35.6 Å². The van der Waals surface area contributed by atoms with Crippen LogP contribution >= 0.6 is 0 Å². The molecule has 0 radical (unpaired) electrons. The van der Waals surface area contributed by atoms with Crippen LogP contribution in [0.25, 0.3) is 0 Å². The lowest BCUT2D eigenvalue weighted by molar-refractivity contribution is -0.153. The Morgan fingerprint density at radius 2 is 1.87 bits per heavy atom. The van der Waals surface area contributed by atoms with Gasteiger partial charge in [-0.05, 0) is 6.92 Å². The van der Waals surface area contributed by atoms with Gasteiger partial charge in [0.25, 0.3) is 5.56 Å². The van der Waals surface area contributed by atoms with E-state index in [0.717, 1.165) is 9.21 Å². The molecule has 0 amide bonds. The summed E-state index contributed by atoms with van der Waals surface area (Å²) in [6.45, 7) is 2.35. The second-order valence-corrected chi connectivity index (χ2v) is 8.57. The third-order valence-corrected chi connectivity index (χ3v) is 5.86. The van der Waals surface area contributed by atoms with Crippen LogP contribution in [0.2, 0.25) is 0 Å². The van der Waals surface area contributed by atoms with Crippen molar-refractivity contribution in [3.05, 3.63) is 22.5 Å². The zero-order chi connectivity index (χ0) is 21.9. The third kappa shape index (κ3) is 5.96. The average molecular weight is 451 g/mol. The molecule has 3 aliphatic rings. The van der Waals surface area contributed by atoms with Crippen molar-refractivity contribution in [3.63, 3.8) is 0 Å². The van der Waals surface area contributed by atoms with Crippen molar-refractivity contribution in [2.24, 2.45) is 0 Å². The molecule has 1 aromatic heterocycles. The maximum Gasteiger partial charge on any atom is 0.410 e. The Labute approximate surface area is 175 Å². The molecule has 170 valence electrons. The van der Waals surface area contributed by atoms with Crippen molar-refractivity contribution >= 4 is 22.8 Å². The summed E-state index contributed by atoms with van der Waals surface area (Å²) in [6.07, 6.45) is -0.156. The number of hydrogen-bond acceptors (Lipinski definition) is 6. The van der Waals surface area contributed by atoms with Crippen LogP contribution in [0.5, 0.6) is 0 Å². The molecule has 3 heterocycles. The van der Waals surface area contributed by atoms with E-state index in [9.17, 15) is 26.7 Å². The maximum absolute atomic E-state index is 13.5. The number of ether oxygens (including phenoxy) is 1. The summed E-state index contributed by atoms with van der Waals surface area (Å²) in [5.74, 6) is 0.0230. The predicted octanol–water partition coefficient (Wildman–Crippen LogP) is 1.62. The molecular weight excluding hydrogens is 425 g/mol. The standard InChI is InChI=1S/C15H21F3N4O4S.C3H6/c1-10-9-26-5-4-21(10)11-6-13(19-14(23)7-11)22-3-2-20(27(24)25)8-12(22)15(16,17)18;1-2-3-1/h6-7,10,12H,2-5,8-9H2,1H3,(H,19,23)(H,24,25);1-3H2/p-1/t10-,12?;/m1./s1. The van der Waals surface area contributed by atoms with E-state index in [-0.39, 0.29) is 24.9 Å². The number of aromatic nitrogens is 1. The monoisotopic (exact) mass is 451 g/mol. The van der Waals surface area contributed by atoms with Crippen molar-refractivity contribution in [2.45, 2.75) is 44.4 Å². The molecule has 1 aromatic rings. The number of alkyl halides is 3. The molecule has 8 nitrogen and oxygen atoms in total. The molecule has 12 heteroatoms. The first-order chi connectivity index (χ1) is 14.2. The van der Waals surface area contributed by atoms with Gasteiger partial charge in [-0.3, -0.25) is 9.00 Å². The summed E-state index contributed by atoms with van der Waals surface area (Å²) in [4.78, 5) is 17.5. The van der Waals surface area contributed by atoms with Crippen LogP contribution in [0.3, 0.4) is 0 Å². The van der Waals surface area contributed by atoms with Gasteiger partial charge in [0.1, 0.15) is 11.9 Å². The lowest BCUT2D eigenvalue weighted by Crippen LogP contribution is -2.59. The van der Waals surface area contributed by atoms with Gasteiger partial charge in [-0.2, -0.15) is 13.2 Å². The Bertz CT molecular complexity index is 802. The van der Waals surface area contributed by atoms with E-state index in [1.165, 1.54) is 31.4 Å². The molecule has 3 atom stereocenters. The molecule has 2 saturated heterocycles. The molecule has 1 saturated carbocycles. The van der Waals surface area contributed by atoms with Gasteiger partial charge < -0.3 is 24.1 Å². The molecule has 3 fully saturated rings. The highest BCUT2D eigenvalue weighted by Gasteiger charge is 2.47. The smallest absolute Gasteiger partial charge is 0.410 e. The van der Waals surface area contributed by atoms with Crippen LogP contribution in [0.1, 0.15) is 26.2 Å². The van der Waals surface area contributed by atoms with E-state index in [2.05, 4.69) is 4.98 Å². The quantitative estimate of drug-likeness (QED) is 0.703. The average Bonchev–Trinajstić information content (AvgIpc) is 3.56. The number of rotatable bonds is 3. The Morgan fingerprint density at radius 3 is 2.43 bits per heavy atom. The van der Waals surface area contributed by atoms with E-state index in [1.54, 1.807) is 0 Å². The second-order valence-electron chi connectivity index (χ2n) is 7.62. The first-order valence-electron chi connectivity index (χ1n) is 9.93. The minimum Gasteiger partial charge on any atom is -0.760 e. The zero-order valence-electron chi connectivity index (χ0n) is 16.7. The highest BCUT2D eigenvalue weighted by atomic mass is 32.2. The summed E-state index contributed by atoms with van der Waals surface area (Å²) in [5, 5.41) is 0. The minimum absolute atomic E-state index is 0.0217.